The Morgan fingerprint density at radius 1 is 0.724 bits per heavy atom. The van der Waals surface area contributed by atoms with Gasteiger partial charge in [-0.1, -0.05) is 63.2 Å². The van der Waals surface area contributed by atoms with E-state index in [1.807, 2.05) is 0 Å². The van der Waals surface area contributed by atoms with E-state index in [1.54, 1.807) is 24.3 Å². The molecule has 0 aromatic heterocycles. The van der Waals surface area contributed by atoms with Gasteiger partial charge in [-0.15, -0.1) is 0 Å². The molecule has 1 atom stereocenters. The van der Waals surface area contributed by atoms with Gasteiger partial charge in [-0.3, -0.25) is 0 Å². The van der Waals surface area contributed by atoms with Gasteiger partial charge in [0, 0.05) is 5.41 Å². The van der Waals surface area contributed by atoms with Gasteiger partial charge < -0.3 is 10.2 Å². The highest BCUT2D eigenvalue weighted by atomic mass is 16.3. The molecule has 1 fully saturated rings. The standard InChI is InChI=1S/C21H26O2.C6H4/c1-15-12-20(2,3)14-21(13-15,16-4-8-18(22)9-5-16)17-6-10-19(23)11-7-17;1-2-5-4-6(5)3-1/h4-11,15,22-23H,12-14H2,1-3H3;1-4H. The number of hydrogen-bond donors (Lipinski definition) is 2. The highest BCUT2D eigenvalue weighted by molar-refractivity contribution is 5.80. The average molecular weight is 387 g/mol. The molecular weight excluding hydrogens is 356 g/mol. The molecular formula is C27H30O2. The van der Waals surface area contributed by atoms with Crippen molar-refractivity contribution in [3.05, 3.63) is 83.9 Å². The van der Waals surface area contributed by atoms with E-state index in [2.05, 4.69) is 69.3 Å². The van der Waals surface area contributed by atoms with Gasteiger partial charge >= 0.3 is 0 Å². The lowest BCUT2D eigenvalue weighted by Crippen LogP contribution is -2.41. The van der Waals surface area contributed by atoms with Gasteiger partial charge in [0.2, 0.25) is 0 Å². The molecule has 0 spiro atoms. The van der Waals surface area contributed by atoms with Crippen molar-refractivity contribution in [2.75, 3.05) is 0 Å². The summed E-state index contributed by atoms with van der Waals surface area (Å²) in [6.45, 7) is 7.02. The van der Waals surface area contributed by atoms with Gasteiger partial charge in [0.05, 0.1) is 0 Å². The molecule has 2 aromatic carbocycles. The van der Waals surface area contributed by atoms with Crippen LogP contribution in [0.2, 0.25) is 0 Å². The van der Waals surface area contributed by atoms with E-state index in [-0.39, 0.29) is 10.8 Å². The van der Waals surface area contributed by atoms with E-state index in [1.165, 1.54) is 28.7 Å². The van der Waals surface area contributed by atoms with Crippen LogP contribution in [0.4, 0.5) is 0 Å². The van der Waals surface area contributed by atoms with Crippen LogP contribution in [0, 0.1) is 11.3 Å². The van der Waals surface area contributed by atoms with Gasteiger partial charge in [0.1, 0.15) is 11.5 Å². The summed E-state index contributed by atoms with van der Waals surface area (Å²) in [4.78, 5) is 0. The zero-order valence-electron chi connectivity index (χ0n) is 17.5. The first-order valence-corrected chi connectivity index (χ1v) is 10.5. The molecule has 5 rings (SSSR count). The second-order valence-electron chi connectivity index (χ2n) is 9.61. The molecule has 1 saturated carbocycles. The minimum absolute atomic E-state index is 0.0669. The Labute approximate surface area is 173 Å². The quantitative estimate of drug-likeness (QED) is 0.393. The first-order chi connectivity index (χ1) is 13.8. The molecule has 0 bridgehead atoms. The predicted octanol–water partition coefficient (Wildman–Crippen LogP) is 6.90. The van der Waals surface area contributed by atoms with Crippen molar-refractivity contribution in [1.29, 1.82) is 0 Å². The third-order valence-corrected chi connectivity index (χ3v) is 6.33. The molecule has 2 aromatic rings. The molecule has 0 radical (unpaired) electrons. The Kier molecular flexibility index (Phi) is 4.90. The summed E-state index contributed by atoms with van der Waals surface area (Å²) in [6, 6.07) is 23.8. The lowest BCUT2D eigenvalue weighted by molar-refractivity contribution is 0.127. The summed E-state index contributed by atoms with van der Waals surface area (Å²) in [5.41, 5.74) is 5.54. The average Bonchev–Trinajstić information content (AvgIpc) is 3.26. The second kappa shape index (κ2) is 7.26. The monoisotopic (exact) mass is 386 g/mol. The molecule has 2 heteroatoms. The second-order valence-corrected chi connectivity index (χ2v) is 9.61. The maximum absolute atomic E-state index is 9.67. The number of fused-ring (bicyclic) bond motifs is 1. The molecule has 3 aliphatic carbocycles. The van der Waals surface area contributed by atoms with Crippen molar-refractivity contribution in [2.24, 2.45) is 11.3 Å². The van der Waals surface area contributed by atoms with Gasteiger partial charge in [0.25, 0.3) is 0 Å². The fourth-order valence-electron chi connectivity index (χ4n) is 5.41. The van der Waals surface area contributed by atoms with Gasteiger partial charge in [-0.25, -0.2) is 0 Å². The van der Waals surface area contributed by atoms with E-state index >= 15 is 0 Å². The van der Waals surface area contributed by atoms with Crippen molar-refractivity contribution in [1.82, 2.24) is 0 Å². The van der Waals surface area contributed by atoms with E-state index in [0.717, 1.165) is 12.8 Å². The van der Waals surface area contributed by atoms with Crippen LogP contribution in [-0.2, 0) is 5.41 Å². The third kappa shape index (κ3) is 4.17. The maximum atomic E-state index is 9.67. The largest absolute Gasteiger partial charge is 0.508 e. The van der Waals surface area contributed by atoms with Crippen LogP contribution < -0.4 is 0 Å². The molecule has 0 aliphatic heterocycles. The minimum atomic E-state index is -0.0669. The highest BCUT2D eigenvalue weighted by Gasteiger charge is 2.45. The van der Waals surface area contributed by atoms with Crippen LogP contribution >= 0.6 is 0 Å². The minimum Gasteiger partial charge on any atom is -0.508 e. The maximum Gasteiger partial charge on any atom is 0.115 e. The summed E-state index contributed by atoms with van der Waals surface area (Å²) in [5.74, 6) is 1.23. The van der Waals surface area contributed by atoms with Gasteiger partial charge in [-0.05, 0) is 83.2 Å². The van der Waals surface area contributed by atoms with Crippen molar-refractivity contribution < 1.29 is 10.2 Å². The van der Waals surface area contributed by atoms with Crippen molar-refractivity contribution in [3.63, 3.8) is 0 Å². The van der Waals surface area contributed by atoms with Crippen LogP contribution in [0.15, 0.2) is 72.8 Å². The number of benzene rings is 3. The number of aromatic hydroxyl groups is 2. The van der Waals surface area contributed by atoms with E-state index < -0.39 is 0 Å². The zero-order chi connectivity index (χ0) is 20.6. The summed E-state index contributed by atoms with van der Waals surface area (Å²) in [5, 5.41) is 19.3. The van der Waals surface area contributed by atoms with Gasteiger partial charge in [-0.2, -0.15) is 0 Å². The number of phenols is 2. The summed E-state index contributed by atoms with van der Waals surface area (Å²) in [7, 11) is 0. The topological polar surface area (TPSA) is 40.5 Å². The van der Waals surface area contributed by atoms with Crippen LogP contribution in [0.1, 0.15) is 51.2 Å². The fourth-order valence-corrected chi connectivity index (χ4v) is 5.41. The Hall–Kier alpha value is -2.74. The van der Waals surface area contributed by atoms with Crippen LogP contribution in [0.5, 0.6) is 11.5 Å². The van der Waals surface area contributed by atoms with E-state index in [9.17, 15) is 10.2 Å². The Bertz CT molecular complexity index is 921. The van der Waals surface area contributed by atoms with Crippen LogP contribution in [0.3, 0.4) is 0 Å². The Morgan fingerprint density at radius 2 is 1.21 bits per heavy atom. The Morgan fingerprint density at radius 3 is 1.55 bits per heavy atom. The normalized spacial score (nSPS) is 20.3. The zero-order valence-corrected chi connectivity index (χ0v) is 17.5. The summed E-state index contributed by atoms with van der Waals surface area (Å²) >= 11 is 0. The first-order valence-electron chi connectivity index (χ1n) is 10.5. The molecule has 0 heterocycles. The first kappa shape index (κ1) is 19.6. The fraction of sp³-hybridized carbons (Fsp3) is 0.333. The summed E-state index contributed by atoms with van der Waals surface area (Å²) < 4.78 is 0. The molecule has 150 valence electrons. The lowest BCUT2D eigenvalue weighted by atomic mass is 9.55. The smallest absolute Gasteiger partial charge is 0.115 e. The van der Waals surface area contributed by atoms with E-state index in [0.29, 0.717) is 17.4 Å². The Balaban J connectivity index is 0.000000286. The van der Waals surface area contributed by atoms with Crippen LogP contribution in [-0.4, -0.2) is 10.2 Å². The predicted molar refractivity (Wildman–Crippen MR) is 119 cm³/mol. The summed E-state index contributed by atoms with van der Waals surface area (Å²) in [6.07, 6.45) is 3.39. The van der Waals surface area contributed by atoms with E-state index in [4.69, 9.17) is 0 Å². The van der Waals surface area contributed by atoms with Crippen LogP contribution in [0.25, 0.3) is 11.1 Å². The SMILES string of the molecule is CC1CC(C)(C)CC(c2ccc(O)cc2)(c2ccc(O)cc2)C1.c1cc2cc-2c1. The number of phenolic OH excluding ortho intramolecular Hbond substituents is 2. The van der Waals surface area contributed by atoms with Crippen molar-refractivity contribution >= 4 is 0 Å². The third-order valence-electron chi connectivity index (χ3n) is 6.33. The molecule has 1 unspecified atom stereocenters. The van der Waals surface area contributed by atoms with Crippen molar-refractivity contribution in [3.8, 4) is 22.6 Å². The van der Waals surface area contributed by atoms with Crippen molar-refractivity contribution in [2.45, 2.75) is 45.4 Å². The molecule has 3 aliphatic rings. The molecule has 0 saturated heterocycles. The number of hydrogen-bond acceptors (Lipinski definition) is 2. The molecule has 2 N–H and O–H groups in total. The molecule has 2 nitrogen and oxygen atoms in total. The lowest BCUT2D eigenvalue weighted by Gasteiger charge is -2.48. The van der Waals surface area contributed by atoms with Gasteiger partial charge in [0.15, 0.2) is 0 Å². The highest BCUT2D eigenvalue weighted by Crippen LogP contribution is 2.53. The number of rotatable bonds is 2. The molecule has 29 heavy (non-hydrogen) atoms. The molecule has 0 amide bonds.